The highest BCUT2D eigenvalue weighted by Crippen LogP contribution is 2.02. The van der Waals surface area contributed by atoms with Crippen LogP contribution < -0.4 is 5.32 Å². The van der Waals surface area contributed by atoms with Crippen molar-refractivity contribution in [1.82, 2.24) is 10.3 Å². The first-order chi connectivity index (χ1) is 10.2. The third kappa shape index (κ3) is 4.42. The summed E-state index contributed by atoms with van der Waals surface area (Å²) in [4.78, 5) is 26.5. The van der Waals surface area contributed by atoms with Crippen molar-refractivity contribution in [3.8, 4) is 0 Å². The van der Waals surface area contributed by atoms with Gasteiger partial charge in [0.15, 0.2) is 0 Å². The molecular formula is C16H16N2O3. The second kappa shape index (κ2) is 7.19. The van der Waals surface area contributed by atoms with Crippen LogP contribution in [0, 0.1) is 0 Å². The zero-order valence-corrected chi connectivity index (χ0v) is 11.5. The van der Waals surface area contributed by atoms with Crippen LogP contribution in [0.4, 0.5) is 0 Å². The SMILES string of the molecule is O=C(O)c1cccc(C(=O)NCCCc2ccccc2)n1. The summed E-state index contributed by atoms with van der Waals surface area (Å²) in [6.45, 7) is 0.521. The lowest BCUT2D eigenvalue weighted by Gasteiger charge is -2.05. The van der Waals surface area contributed by atoms with E-state index in [-0.39, 0.29) is 17.3 Å². The molecule has 0 bridgehead atoms. The number of hydrogen-bond acceptors (Lipinski definition) is 3. The molecule has 2 N–H and O–H groups in total. The number of hydrogen-bond donors (Lipinski definition) is 2. The molecule has 1 amide bonds. The Morgan fingerprint density at radius 3 is 2.43 bits per heavy atom. The molecule has 0 aliphatic carbocycles. The number of carbonyl (C=O) groups excluding carboxylic acids is 1. The van der Waals surface area contributed by atoms with Gasteiger partial charge in [-0.15, -0.1) is 0 Å². The van der Waals surface area contributed by atoms with Gasteiger partial charge in [-0.1, -0.05) is 36.4 Å². The van der Waals surface area contributed by atoms with E-state index in [1.807, 2.05) is 30.3 Å². The molecule has 2 rings (SSSR count). The van der Waals surface area contributed by atoms with Crippen LogP contribution in [-0.2, 0) is 6.42 Å². The second-order valence-corrected chi connectivity index (χ2v) is 4.56. The van der Waals surface area contributed by atoms with E-state index in [1.165, 1.54) is 23.8 Å². The maximum atomic E-state index is 11.9. The van der Waals surface area contributed by atoms with Gasteiger partial charge in [0, 0.05) is 6.54 Å². The van der Waals surface area contributed by atoms with Crippen molar-refractivity contribution in [3.05, 3.63) is 65.5 Å². The normalized spacial score (nSPS) is 10.1. The topological polar surface area (TPSA) is 79.3 Å². The van der Waals surface area contributed by atoms with Gasteiger partial charge in [0.25, 0.3) is 5.91 Å². The average Bonchev–Trinajstić information content (AvgIpc) is 2.52. The molecule has 0 saturated carbocycles. The largest absolute Gasteiger partial charge is 0.477 e. The van der Waals surface area contributed by atoms with Gasteiger partial charge in [0.05, 0.1) is 0 Å². The van der Waals surface area contributed by atoms with E-state index in [4.69, 9.17) is 5.11 Å². The molecule has 5 nitrogen and oxygen atoms in total. The van der Waals surface area contributed by atoms with E-state index < -0.39 is 5.97 Å². The molecule has 0 atom stereocenters. The Morgan fingerprint density at radius 2 is 1.71 bits per heavy atom. The van der Waals surface area contributed by atoms with Crippen LogP contribution in [0.15, 0.2) is 48.5 Å². The summed E-state index contributed by atoms with van der Waals surface area (Å²) in [6.07, 6.45) is 1.69. The molecule has 2 aromatic rings. The summed E-state index contributed by atoms with van der Waals surface area (Å²) in [7, 11) is 0. The van der Waals surface area contributed by atoms with Gasteiger partial charge >= 0.3 is 5.97 Å². The number of nitrogens with one attached hydrogen (secondary N) is 1. The Bertz CT molecular complexity index is 626. The molecule has 21 heavy (non-hydrogen) atoms. The third-order valence-corrected chi connectivity index (χ3v) is 2.97. The van der Waals surface area contributed by atoms with Crippen molar-refractivity contribution >= 4 is 11.9 Å². The Hall–Kier alpha value is -2.69. The van der Waals surface area contributed by atoms with Gasteiger partial charge in [0.2, 0.25) is 0 Å². The number of carboxylic acids is 1. The van der Waals surface area contributed by atoms with Crippen molar-refractivity contribution in [2.24, 2.45) is 0 Å². The molecule has 0 fully saturated rings. The van der Waals surface area contributed by atoms with E-state index in [0.717, 1.165) is 12.8 Å². The number of carbonyl (C=O) groups is 2. The average molecular weight is 284 g/mol. The van der Waals surface area contributed by atoms with Crippen LogP contribution in [0.3, 0.4) is 0 Å². The van der Waals surface area contributed by atoms with Crippen molar-refractivity contribution in [3.63, 3.8) is 0 Å². The molecule has 0 aliphatic rings. The van der Waals surface area contributed by atoms with Gasteiger partial charge in [0.1, 0.15) is 11.4 Å². The maximum absolute atomic E-state index is 11.9. The monoisotopic (exact) mass is 284 g/mol. The molecular weight excluding hydrogens is 268 g/mol. The number of amides is 1. The van der Waals surface area contributed by atoms with Gasteiger partial charge in [-0.25, -0.2) is 9.78 Å². The van der Waals surface area contributed by atoms with Gasteiger partial charge in [-0.3, -0.25) is 4.79 Å². The number of benzene rings is 1. The summed E-state index contributed by atoms with van der Waals surface area (Å²) in [6, 6.07) is 14.4. The summed E-state index contributed by atoms with van der Waals surface area (Å²) >= 11 is 0. The fourth-order valence-corrected chi connectivity index (χ4v) is 1.91. The Kier molecular flexibility index (Phi) is 5.04. The number of nitrogens with zero attached hydrogens (tertiary/aromatic N) is 1. The number of aromatic nitrogens is 1. The number of rotatable bonds is 6. The Labute approximate surface area is 122 Å². The first kappa shape index (κ1) is 14.7. The molecule has 1 heterocycles. The summed E-state index contributed by atoms with van der Waals surface area (Å²) < 4.78 is 0. The molecule has 0 spiro atoms. The van der Waals surface area contributed by atoms with E-state index in [1.54, 1.807) is 0 Å². The smallest absolute Gasteiger partial charge is 0.354 e. The van der Waals surface area contributed by atoms with Crippen LogP contribution in [0.2, 0.25) is 0 Å². The second-order valence-electron chi connectivity index (χ2n) is 4.56. The van der Waals surface area contributed by atoms with Crippen LogP contribution >= 0.6 is 0 Å². The van der Waals surface area contributed by atoms with Crippen molar-refractivity contribution in [2.45, 2.75) is 12.8 Å². The van der Waals surface area contributed by atoms with Crippen LogP contribution in [0.25, 0.3) is 0 Å². The molecule has 0 aliphatic heterocycles. The molecule has 5 heteroatoms. The summed E-state index contributed by atoms with van der Waals surface area (Å²) in [5.74, 6) is -1.50. The lowest BCUT2D eigenvalue weighted by atomic mass is 10.1. The lowest BCUT2D eigenvalue weighted by molar-refractivity contribution is 0.0690. The zero-order chi connectivity index (χ0) is 15.1. The standard InChI is InChI=1S/C16H16N2O3/c19-15(13-9-4-10-14(18-13)16(20)21)17-11-5-8-12-6-2-1-3-7-12/h1-4,6-7,9-10H,5,8,11H2,(H,17,19)(H,20,21). The van der Waals surface area contributed by atoms with Crippen LogP contribution in [0.5, 0.6) is 0 Å². The fourth-order valence-electron chi connectivity index (χ4n) is 1.91. The molecule has 108 valence electrons. The predicted octanol–water partition coefficient (Wildman–Crippen LogP) is 2.14. The molecule has 0 saturated heterocycles. The van der Waals surface area contributed by atoms with Gasteiger partial charge < -0.3 is 10.4 Å². The molecule has 1 aromatic heterocycles. The first-order valence-corrected chi connectivity index (χ1v) is 6.69. The minimum absolute atomic E-state index is 0.120. The lowest BCUT2D eigenvalue weighted by Crippen LogP contribution is -2.26. The minimum Gasteiger partial charge on any atom is -0.477 e. The highest BCUT2D eigenvalue weighted by Gasteiger charge is 2.10. The number of aromatic carboxylic acids is 1. The van der Waals surface area contributed by atoms with E-state index in [0.29, 0.717) is 6.54 Å². The molecule has 1 aromatic carbocycles. The number of aryl methyl sites for hydroxylation is 1. The highest BCUT2D eigenvalue weighted by atomic mass is 16.4. The first-order valence-electron chi connectivity index (χ1n) is 6.69. The van der Waals surface area contributed by atoms with Gasteiger partial charge in [-0.2, -0.15) is 0 Å². The van der Waals surface area contributed by atoms with Crippen LogP contribution in [0.1, 0.15) is 33.0 Å². The fraction of sp³-hybridized carbons (Fsp3) is 0.188. The van der Waals surface area contributed by atoms with Crippen molar-refractivity contribution < 1.29 is 14.7 Å². The minimum atomic E-state index is -1.14. The maximum Gasteiger partial charge on any atom is 0.354 e. The molecule has 0 unspecified atom stereocenters. The number of carboxylic acid groups (broad SMARTS) is 1. The zero-order valence-electron chi connectivity index (χ0n) is 11.5. The quantitative estimate of drug-likeness (QED) is 0.796. The van der Waals surface area contributed by atoms with E-state index >= 15 is 0 Å². The van der Waals surface area contributed by atoms with E-state index in [2.05, 4.69) is 10.3 Å². The Morgan fingerprint density at radius 1 is 1.00 bits per heavy atom. The predicted molar refractivity (Wildman–Crippen MR) is 78.3 cm³/mol. The molecule has 0 radical (unpaired) electrons. The van der Waals surface area contributed by atoms with Crippen molar-refractivity contribution in [2.75, 3.05) is 6.54 Å². The summed E-state index contributed by atoms with van der Waals surface area (Å²) in [5.41, 5.74) is 1.21. The number of pyridine rings is 1. The Balaban J connectivity index is 1.82. The summed E-state index contributed by atoms with van der Waals surface area (Å²) in [5, 5.41) is 11.6. The van der Waals surface area contributed by atoms with Gasteiger partial charge in [-0.05, 0) is 30.5 Å². The van der Waals surface area contributed by atoms with Crippen molar-refractivity contribution in [1.29, 1.82) is 0 Å². The third-order valence-electron chi connectivity index (χ3n) is 2.97. The van der Waals surface area contributed by atoms with E-state index in [9.17, 15) is 9.59 Å². The van der Waals surface area contributed by atoms with Crippen LogP contribution in [-0.4, -0.2) is 28.5 Å². The highest BCUT2D eigenvalue weighted by molar-refractivity contribution is 5.94.